The van der Waals surface area contributed by atoms with E-state index in [2.05, 4.69) is 17.0 Å². The van der Waals surface area contributed by atoms with Crippen molar-refractivity contribution in [3.05, 3.63) is 34.9 Å². The van der Waals surface area contributed by atoms with E-state index in [1.54, 1.807) is 0 Å². The Morgan fingerprint density at radius 2 is 2.12 bits per heavy atom. The molecule has 1 aliphatic heterocycles. The Hall–Kier alpha value is -0.220. The summed E-state index contributed by atoms with van der Waals surface area (Å²) in [6.07, 6.45) is 0.856. The first-order valence-electron chi connectivity index (χ1n) is 5.99. The lowest BCUT2D eigenvalue weighted by Gasteiger charge is -2.35. The van der Waals surface area contributed by atoms with Crippen LogP contribution < -0.4 is 0 Å². The minimum Gasteiger partial charge on any atom is -0.396 e. The van der Waals surface area contributed by atoms with Crippen LogP contribution in [-0.4, -0.2) is 41.2 Å². The summed E-state index contributed by atoms with van der Waals surface area (Å²) in [6, 6.07) is 8.62. The van der Waals surface area contributed by atoms with Crippen molar-refractivity contribution < 1.29 is 5.11 Å². The van der Waals surface area contributed by atoms with E-state index in [0.717, 1.165) is 30.3 Å². The van der Waals surface area contributed by atoms with Gasteiger partial charge < -0.3 is 5.11 Å². The molecule has 1 heterocycles. The molecule has 94 valence electrons. The van der Waals surface area contributed by atoms with Gasteiger partial charge in [-0.3, -0.25) is 4.90 Å². The number of benzene rings is 1. The smallest absolute Gasteiger partial charge is 0.0443 e. The molecule has 1 saturated heterocycles. The Morgan fingerprint density at radius 1 is 1.35 bits per heavy atom. The first kappa shape index (κ1) is 13.2. The number of hydrogen-bond acceptors (Lipinski definition) is 3. The molecule has 1 aromatic carbocycles. The van der Waals surface area contributed by atoms with Crippen LogP contribution in [0.25, 0.3) is 0 Å². The van der Waals surface area contributed by atoms with Crippen molar-refractivity contribution in [2.45, 2.75) is 12.5 Å². The van der Waals surface area contributed by atoms with Crippen LogP contribution >= 0.6 is 23.4 Å². The van der Waals surface area contributed by atoms with E-state index in [1.807, 2.05) is 23.9 Å². The molecule has 1 atom stereocenters. The van der Waals surface area contributed by atoms with Gasteiger partial charge in [-0.2, -0.15) is 11.8 Å². The van der Waals surface area contributed by atoms with E-state index in [9.17, 15) is 0 Å². The van der Waals surface area contributed by atoms with Gasteiger partial charge in [-0.05, 0) is 24.1 Å². The second-order valence-electron chi connectivity index (χ2n) is 4.26. The molecule has 17 heavy (non-hydrogen) atoms. The van der Waals surface area contributed by atoms with Gasteiger partial charge in [-0.1, -0.05) is 23.7 Å². The molecule has 0 aromatic heterocycles. The Balaban J connectivity index is 2.07. The Labute approximate surface area is 112 Å². The van der Waals surface area contributed by atoms with Gasteiger partial charge in [0.2, 0.25) is 0 Å². The lowest BCUT2D eigenvalue weighted by atomic mass is 10.1. The van der Waals surface area contributed by atoms with Crippen LogP contribution in [0.3, 0.4) is 0 Å². The van der Waals surface area contributed by atoms with Gasteiger partial charge in [-0.25, -0.2) is 0 Å². The molecule has 0 unspecified atom stereocenters. The standard InChI is InChI=1S/C13H18ClNOS/c14-12-4-2-11(3-5-12)13-10-17-9-7-15(13)6-1-8-16/h2-5,13,16H,1,6-10H2/t13-/m0/s1. The maximum atomic E-state index is 8.94. The molecule has 0 amide bonds. The molecular formula is C13H18ClNOS. The second-order valence-corrected chi connectivity index (χ2v) is 5.84. The van der Waals surface area contributed by atoms with Crippen molar-refractivity contribution in [1.82, 2.24) is 4.90 Å². The number of hydrogen-bond donors (Lipinski definition) is 1. The summed E-state index contributed by atoms with van der Waals surface area (Å²) in [5.41, 5.74) is 1.33. The Bertz CT molecular complexity index is 344. The predicted molar refractivity (Wildman–Crippen MR) is 74.8 cm³/mol. The number of aliphatic hydroxyl groups is 1. The van der Waals surface area contributed by atoms with Crippen molar-refractivity contribution in [1.29, 1.82) is 0 Å². The van der Waals surface area contributed by atoms with Crippen LogP contribution in [0.4, 0.5) is 0 Å². The second kappa shape index (κ2) is 6.64. The molecule has 0 spiro atoms. The number of rotatable bonds is 4. The van der Waals surface area contributed by atoms with Gasteiger partial charge in [0.15, 0.2) is 0 Å². The monoisotopic (exact) mass is 271 g/mol. The average Bonchev–Trinajstić information content (AvgIpc) is 2.38. The highest BCUT2D eigenvalue weighted by atomic mass is 35.5. The highest BCUT2D eigenvalue weighted by Crippen LogP contribution is 2.30. The summed E-state index contributed by atoms with van der Waals surface area (Å²) in [7, 11) is 0. The molecule has 2 nitrogen and oxygen atoms in total. The van der Waals surface area contributed by atoms with Crippen LogP contribution in [0.5, 0.6) is 0 Å². The summed E-state index contributed by atoms with van der Waals surface area (Å²) in [5.74, 6) is 2.32. The maximum absolute atomic E-state index is 8.94. The highest BCUT2D eigenvalue weighted by Gasteiger charge is 2.23. The molecule has 0 aliphatic carbocycles. The average molecular weight is 272 g/mol. The molecule has 2 rings (SSSR count). The van der Waals surface area contributed by atoms with Gasteiger partial charge in [0.1, 0.15) is 0 Å². The van der Waals surface area contributed by atoms with E-state index in [-0.39, 0.29) is 6.61 Å². The van der Waals surface area contributed by atoms with E-state index in [4.69, 9.17) is 16.7 Å². The highest BCUT2D eigenvalue weighted by molar-refractivity contribution is 7.99. The molecule has 1 fully saturated rings. The minimum atomic E-state index is 0.275. The summed E-state index contributed by atoms with van der Waals surface area (Å²) in [4.78, 5) is 2.47. The number of nitrogens with zero attached hydrogens (tertiary/aromatic N) is 1. The van der Waals surface area contributed by atoms with Crippen molar-refractivity contribution in [2.24, 2.45) is 0 Å². The topological polar surface area (TPSA) is 23.5 Å². The fourth-order valence-electron chi connectivity index (χ4n) is 2.17. The van der Waals surface area contributed by atoms with Crippen LogP contribution in [-0.2, 0) is 0 Å². The zero-order chi connectivity index (χ0) is 12.1. The number of aliphatic hydroxyl groups excluding tert-OH is 1. The van der Waals surface area contributed by atoms with Crippen LogP contribution in [0, 0.1) is 0 Å². The van der Waals surface area contributed by atoms with Crippen molar-refractivity contribution in [2.75, 3.05) is 31.2 Å². The van der Waals surface area contributed by atoms with Gasteiger partial charge in [-0.15, -0.1) is 0 Å². The van der Waals surface area contributed by atoms with Gasteiger partial charge in [0.05, 0.1) is 0 Å². The zero-order valence-electron chi connectivity index (χ0n) is 9.81. The number of halogens is 1. The fourth-order valence-corrected chi connectivity index (χ4v) is 3.45. The maximum Gasteiger partial charge on any atom is 0.0443 e. The predicted octanol–water partition coefficient (Wildman–Crippen LogP) is 2.81. The molecule has 0 saturated carbocycles. The third-order valence-corrected chi connectivity index (χ3v) is 4.37. The molecule has 0 radical (unpaired) electrons. The van der Waals surface area contributed by atoms with Gasteiger partial charge >= 0.3 is 0 Å². The SMILES string of the molecule is OCCCN1CCSC[C@H]1c1ccc(Cl)cc1. The van der Waals surface area contributed by atoms with Gasteiger partial charge in [0, 0.05) is 42.3 Å². The third-order valence-electron chi connectivity index (χ3n) is 3.10. The molecule has 1 aromatic rings. The summed E-state index contributed by atoms with van der Waals surface area (Å²) in [6.45, 7) is 2.36. The summed E-state index contributed by atoms with van der Waals surface area (Å²) >= 11 is 7.92. The molecule has 1 aliphatic rings. The largest absolute Gasteiger partial charge is 0.396 e. The van der Waals surface area contributed by atoms with E-state index >= 15 is 0 Å². The zero-order valence-corrected chi connectivity index (χ0v) is 11.4. The lowest BCUT2D eigenvalue weighted by molar-refractivity contribution is 0.191. The molecular weight excluding hydrogens is 254 g/mol. The van der Waals surface area contributed by atoms with Crippen LogP contribution in [0.1, 0.15) is 18.0 Å². The van der Waals surface area contributed by atoms with E-state index in [0.29, 0.717) is 6.04 Å². The van der Waals surface area contributed by atoms with Crippen LogP contribution in [0.15, 0.2) is 24.3 Å². The quantitative estimate of drug-likeness (QED) is 0.911. The first-order chi connectivity index (χ1) is 8.31. The van der Waals surface area contributed by atoms with Crippen molar-refractivity contribution in [3.63, 3.8) is 0 Å². The minimum absolute atomic E-state index is 0.275. The lowest BCUT2D eigenvalue weighted by Crippen LogP contribution is -2.37. The molecule has 4 heteroatoms. The Kier molecular flexibility index (Phi) is 5.16. The van der Waals surface area contributed by atoms with Crippen molar-refractivity contribution >= 4 is 23.4 Å². The summed E-state index contributed by atoms with van der Waals surface area (Å²) < 4.78 is 0. The van der Waals surface area contributed by atoms with Gasteiger partial charge in [0.25, 0.3) is 0 Å². The van der Waals surface area contributed by atoms with E-state index < -0.39 is 0 Å². The van der Waals surface area contributed by atoms with Crippen LogP contribution in [0.2, 0.25) is 5.02 Å². The number of thioether (sulfide) groups is 1. The normalized spacial score (nSPS) is 21.6. The fraction of sp³-hybridized carbons (Fsp3) is 0.538. The summed E-state index contributed by atoms with van der Waals surface area (Å²) in [5, 5.41) is 9.73. The molecule has 0 bridgehead atoms. The van der Waals surface area contributed by atoms with E-state index in [1.165, 1.54) is 11.3 Å². The third kappa shape index (κ3) is 3.62. The molecule has 1 N–H and O–H groups in total. The van der Waals surface area contributed by atoms with Crippen molar-refractivity contribution in [3.8, 4) is 0 Å². The Morgan fingerprint density at radius 3 is 2.82 bits per heavy atom. The first-order valence-corrected chi connectivity index (χ1v) is 7.52.